The monoisotopic (exact) mass is 326 g/mol. The summed E-state index contributed by atoms with van der Waals surface area (Å²) < 4.78 is 1.87. The molecule has 1 unspecified atom stereocenters. The molecule has 1 aromatic heterocycles. The van der Waals surface area contributed by atoms with Crippen molar-refractivity contribution in [3.8, 4) is 0 Å². The molecule has 1 aromatic carbocycles. The highest BCUT2D eigenvalue weighted by Crippen LogP contribution is 2.43. The van der Waals surface area contributed by atoms with E-state index in [9.17, 15) is 4.79 Å². The Morgan fingerprint density at radius 3 is 2.71 bits per heavy atom. The third kappa shape index (κ3) is 4.03. The first-order valence-corrected chi connectivity index (χ1v) is 8.71. The van der Waals surface area contributed by atoms with Crippen molar-refractivity contribution in [2.45, 2.75) is 44.2 Å². The van der Waals surface area contributed by atoms with E-state index in [0.29, 0.717) is 6.54 Å². The molecule has 0 spiro atoms. The fourth-order valence-electron chi connectivity index (χ4n) is 3.31. The van der Waals surface area contributed by atoms with Crippen molar-refractivity contribution in [2.75, 3.05) is 13.1 Å². The molecule has 0 bridgehead atoms. The Balaban J connectivity index is 1.43. The largest absolute Gasteiger partial charge is 0.354 e. The third-order valence-electron chi connectivity index (χ3n) is 4.95. The Morgan fingerprint density at radius 1 is 1.29 bits per heavy atom. The number of benzene rings is 1. The molecule has 1 aliphatic rings. The van der Waals surface area contributed by atoms with E-state index in [2.05, 4.69) is 46.9 Å². The van der Waals surface area contributed by atoms with E-state index in [1.165, 1.54) is 12.0 Å². The first-order valence-electron chi connectivity index (χ1n) is 8.71. The molecular weight excluding hydrogens is 300 g/mol. The average Bonchev–Trinajstić information content (AvgIpc) is 3.06. The van der Waals surface area contributed by atoms with Crippen LogP contribution in [0, 0.1) is 0 Å². The molecule has 1 aliphatic carbocycles. The zero-order valence-electron chi connectivity index (χ0n) is 14.2. The third-order valence-corrected chi connectivity index (χ3v) is 4.95. The van der Waals surface area contributed by atoms with Crippen LogP contribution in [0.1, 0.15) is 31.7 Å². The van der Waals surface area contributed by atoms with Crippen LogP contribution in [0.25, 0.3) is 0 Å². The lowest BCUT2D eigenvalue weighted by molar-refractivity contribution is -0.120. The normalized spacial score (nSPS) is 17.0. The van der Waals surface area contributed by atoms with E-state index in [0.717, 1.165) is 25.9 Å². The van der Waals surface area contributed by atoms with Gasteiger partial charge in [-0.05, 0) is 31.4 Å². The van der Waals surface area contributed by atoms with Gasteiger partial charge in [0.2, 0.25) is 5.91 Å². The van der Waals surface area contributed by atoms with Crippen LogP contribution in [0.4, 0.5) is 0 Å². The fraction of sp³-hybridized carbons (Fsp3) is 0.474. The van der Waals surface area contributed by atoms with Gasteiger partial charge in [0.1, 0.15) is 0 Å². The molecule has 3 rings (SSSR count). The molecular formula is C19H26N4O. The lowest BCUT2D eigenvalue weighted by Crippen LogP contribution is -2.48. The van der Waals surface area contributed by atoms with E-state index in [4.69, 9.17) is 0 Å². The average molecular weight is 326 g/mol. The van der Waals surface area contributed by atoms with Crippen LogP contribution in [-0.2, 0) is 16.8 Å². The summed E-state index contributed by atoms with van der Waals surface area (Å²) >= 11 is 0. The van der Waals surface area contributed by atoms with Gasteiger partial charge >= 0.3 is 0 Å². The van der Waals surface area contributed by atoms with Gasteiger partial charge in [-0.3, -0.25) is 9.48 Å². The molecule has 1 atom stereocenters. The predicted molar refractivity (Wildman–Crippen MR) is 94.7 cm³/mol. The number of rotatable bonds is 8. The maximum absolute atomic E-state index is 12.2. The van der Waals surface area contributed by atoms with E-state index < -0.39 is 0 Å². The summed E-state index contributed by atoms with van der Waals surface area (Å²) in [5, 5.41) is 10.6. The van der Waals surface area contributed by atoms with Gasteiger partial charge in [-0.1, -0.05) is 36.8 Å². The number of carbonyl (C=O) groups excluding carboxylic acids is 1. The summed E-state index contributed by atoms with van der Waals surface area (Å²) in [7, 11) is 0. The second-order valence-corrected chi connectivity index (χ2v) is 6.79. The Bertz CT molecular complexity index is 635. The van der Waals surface area contributed by atoms with Crippen LogP contribution in [0.2, 0.25) is 0 Å². The number of hydrogen-bond donors (Lipinski definition) is 2. The molecule has 2 aromatic rings. The van der Waals surface area contributed by atoms with Gasteiger partial charge < -0.3 is 10.6 Å². The molecule has 1 amide bonds. The Labute approximate surface area is 143 Å². The molecule has 0 radical (unpaired) electrons. The Kier molecular flexibility index (Phi) is 5.30. The lowest BCUT2D eigenvalue weighted by atomic mass is 9.64. The number of nitrogens with zero attached hydrogens (tertiary/aromatic N) is 2. The van der Waals surface area contributed by atoms with Crippen molar-refractivity contribution < 1.29 is 4.79 Å². The topological polar surface area (TPSA) is 59.0 Å². The van der Waals surface area contributed by atoms with Gasteiger partial charge in [0.15, 0.2) is 0 Å². The van der Waals surface area contributed by atoms with Gasteiger partial charge in [0.05, 0.1) is 13.1 Å². The van der Waals surface area contributed by atoms with Crippen LogP contribution in [0.5, 0.6) is 0 Å². The molecule has 0 aliphatic heterocycles. The van der Waals surface area contributed by atoms with Gasteiger partial charge in [0, 0.05) is 30.4 Å². The van der Waals surface area contributed by atoms with Crippen molar-refractivity contribution in [1.29, 1.82) is 0 Å². The van der Waals surface area contributed by atoms with Crippen LogP contribution < -0.4 is 10.6 Å². The van der Waals surface area contributed by atoms with Crippen molar-refractivity contribution in [1.82, 2.24) is 20.4 Å². The number of carbonyl (C=O) groups is 1. The minimum absolute atomic E-state index is 0.0597. The fourth-order valence-corrected chi connectivity index (χ4v) is 3.31. The van der Waals surface area contributed by atoms with Crippen molar-refractivity contribution in [3.05, 3.63) is 54.4 Å². The SMILES string of the molecule is CC(Cn1cccn1)NCC(=O)NCC1(c2ccccc2)CCC1. The van der Waals surface area contributed by atoms with Gasteiger partial charge in [-0.2, -0.15) is 5.10 Å². The van der Waals surface area contributed by atoms with E-state index in [-0.39, 0.29) is 17.4 Å². The summed E-state index contributed by atoms with van der Waals surface area (Å²) in [6, 6.07) is 12.7. The summed E-state index contributed by atoms with van der Waals surface area (Å²) in [4.78, 5) is 12.2. The first-order chi connectivity index (χ1) is 11.7. The predicted octanol–water partition coefficient (Wildman–Crippen LogP) is 2.10. The Morgan fingerprint density at radius 2 is 2.08 bits per heavy atom. The van der Waals surface area contributed by atoms with Crippen molar-refractivity contribution in [2.24, 2.45) is 0 Å². The highest BCUT2D eigenvalue weighted by molar-refractivity contribution is 5.78. The zero-order chi connectivity index (χ0) is 16.8. The highest BCUT2D eigenvalue weighted by atomic mass is 16.1. The number of amides is 1. The smallest absolute Gasteiger partial charge is 0.233 e. The van der Waals surface area contributed by atoms with Crippen LogP contribution in [0.3, 0.4) is 0 Å². The zero-order valence-corrected chi connectivity index (χ0v) is 14.2. The standard InChI is InChI=1S/C19H26N4O/c1-16(14-23-12-6-11-22-23)20-13-18(24)21-15-19(9-5-10-19)17-7-3-2-4-8-17/h2-4,6-8,11-12,16,20H,5,9-10,13-15H2,1H3,(H,21,24). The van der Waals surface area contributed by atoms with E-state index in [1.54, 1.807) is 6.20 Å². The highest BCUT2D eigenvalue weighted by Gasteiger charge is 2.38. The molecule has 5 nitrogen and oxygen atoms in total. The van der Waals surface area contributed by atoms with E-state index in [1.807, 2.05) is 23.0 Å². The molecule has 5 heteroatoms. The molecule has 1 saturated carbocycles. The van der Waals surface area contributed by atoms with Crippen LogP contribution in [-0.4, -0.2) is 34.8 Å². The summed E-state index contributed by atoms with van der Waals surface area (Å²) in [5.74, 6) is 0.0597. The van der Waals surface area contributed by atoms with Crippen molar-refractivity contribution >= 4 is 5.91 Å². The molecule has 1 fully saturated rings. The van der Waals surface area contributed by atoms with Crippen LogP contribution in [0.15, 0.2) is 48.8 Å². The van der Waals surface area contributed by atoms with E-state index >= 15 is 0 Å². The molecule has 1 heterocycles. The minimum Gasteiger partial charge on any atom is -0.354 e. The summed E-state index contributed by atoms with van der Waals surface area (Å²) in [6.45, 7) is 3.89. The number of nitrogens with one attached hydrogen (secondary N) is 2. The molecule has 0 saturated heterocycles. The van der Waals surface area contributed by atoms with Gasteiger partial charge in [-0.25, -0.2) is 0 Å². The molecule has 128 valence electrons. The van der Waals surface area contributed by atoms with Crippen LogP contribution >= 0.6 is 0 Å². The van der Waals surface area contributed by atoms with Gasteiger partial charge in [-0.15, -0.1) is 0 Å². The maximum atomic E-state index is 12.2. The second-order valence-electron chi connectivity index (χ2n) is 6.79. The molecule has 24 heavy (non-hydrogen) atoms. The lowest BCUT2D eigenvalue weighted by Gasteiger charge is -2.42. The first kappa shape index (κ1) is 16.7. The number of hydrogen-bond acceptors (Lipinski definition) is 3. The maximum Gasteiger partial charge on any atom is 0.233 e. The van der Waals surface area contributed by atoms with Gasteiger partial charge in [0.25, 0.3) is 0 Å². The molecule has 2 N–H and O–H groups in total. The summed E-state index contributed by atoms with van der Waals surface area (Å²) in [5.41, 5.74) is 1.48. The second kappa shape index (κ2) is 7.62. The quantitative estimate of drug-likeness (QED) is 0.781. The minimum atomic E-state index is 0.0597. The number of aromatic nitrogens is 2. The van der Waals surface area contributed by atoms with Crippen molar-refractivity contribution in [3.63, 3.8) is 0 Å². The Hall–Kier alpha value is -2.14. The summed E-state index contributed by atoms with van der Waals surface area (Å²) in [6.07, 6.45) is 7.24.